The molecule has 0 aliphatic carbocycles. The van der Waals surface area contributed by atoms with E-state index in [2.05, 4.69) is 4.72 Å². The molecule has 1 aromatic rings. The third kappa shape index (κ3) is 4.82. The van der Waals surface area contributed by atoms with Gasteiger partial charge in [-0.3, -0.25) is 0 Å². The van der Waals surface area contributed by atoms with Gasteiger partial charge in [0.05, 0.1) is 11.5 Å². The fraction of sp³-hybridized carbons (Fsp3) is 0.462. The highest BCUT2D eigenvalue weighted by atomic mass is 32.2. The first-order valence-electron chi connectivity index (χ1n) is 6.31. The van der Waals surface area contributed by atoms with Gasteiger partial charge in [-0.25, -0.2) is 13.1 Å². The van der Waals surface area contributed by atoms with Gasteiger partial charge in [0, 0.05) is 18.7 Å². The summed E-state index contributed by atoms with van der Waals surface area (Å²) in [6.07, 6.45) is 1.59. The molecule has 3 N–H and O–H groups in total. The molecule has 112 valence electrons. The van der Waals surface area contributed by atoms with Gasteiger partial charge >= 0.3 is 0 Å². The van der Waals surface area contributed by atoms with Crippen LogP contribution in [0, 0.1) is 0 Å². The molecular weight excluding hydrogens is 296 g/mol. The Balaban J connectivity index is 2.89. The van der Waals surface area contributed by atoms with Gasteiger partial charge in [-0.15, -0.1) is 0 Å². The number of sulfonamides is 1. The summed E-state index contributed by atoms with van der Waals surface area (Å²) in [5.74, 6) is 0. The zero-order valence-electron chi connectivity index (χ0n) is 11.6. The largest absolute Gasteiger partial charge is 0.389 e. The minimum atomic E-state index is -3.56. The van der Waals surface area contributed by atoms with Gasteiger partial charge in [-0.1, -0.05) is 37.7 Å². The molecule has 20 heavy (non-hydrogen) atoms. The van der Waals surface area contributed by atoms with Crippen molar-refractivity contribution in [2.45, 2.75) is 30.7 Å². The Morgan fingerprint density at radius 3 is 2.45 bits per heavy atom. The molecule has 0 aliphatic heterocycles. The van der Waals surface area contributed by atoms with Crippen molar-refractivity contribution in [2.75, 3.05) is 13.7 Å². The summed E-state index contributed by atoms with van der Waals surface area (Å²) in [6.45, 7) is 2.34. The number of hydrogen-bond acceptors (Lipinski definition) is 4. The Hall–Kier alpha value is -1.02. The van der Waals surface area contributed by atoms with Crippen LogP contribution in [0.3, 0.4) is 0 Å². The van der Waals surface area contributed by atoms with Crippen molar-refractivity contribution in [1.82, 2.24) is 4.72 Å². The summed E-state index contributed by atoms with van der Waals surface area (Å²) in [5.41, 5.74) is 6.12. The summed E-state index contributed by atoms with van der Waals surface area (Å²) < 4.78 is 32.2. The predicted octanol–water partition coefficient (Wildman–Crippen LogP) is 1.41. The minimum absolute atomic E-state index is 0.190. The third-order valence-corrected chi connectivity index (χ3v) is 4.55. The molecule has 1 atom stereocenters. The molecule has 7 heteroatoms. The number of ether oxygens (including phenoxy) is 1. The first kappa shape index (κ1) is 17.0. The quantitative estimate of drug-likeness (QED) is 0.709. The first-order valence-corrected chi connectivity index (χ1v) is 8.21. The molecule has 0 aromatic heterocycles. The number of nitrogens with one attached hydrogen (secondary N) is 1. The molecular formula is C13H20N2O3S2. The van der Waals surface area contributed by atoms with E-state index in [0.717, 1.165) is 12.8 Å². The van der Waals surface area contributed by atoms with Crippen molar-refractivity contribution in [3.05, 3.63) is 29.8 Å². The first-order chi connectivity index (χ1) is 9.40. The maximum atomic E-state index is 12.2. The fourth-order valence-corrected chi connectivity index (χ4v) is 3.20. The zero-order chi connectivity index (χ0) is 15.2. The molecule has 0 heterocycles. The smallest absolute Gasteiger partial charge is 0.240 e. The highest BCUT2D eigenvalue weighted by Crippen LogP contribution is 2.12. The molecule has 1 unspecified atom stereocenters. The average Bonchev–Trinajstić information content (AvgIpc) is 2.39. The lowest BCUT2D eigenvalue weighted by molar-refractivity contribution is 0.171. The summed E-state index contributed by atoms with van der Waals surface area (Å²) in [7, 11) is -2.01. The zero-order valence-corrected chi connectivity index (χ0v) is 13.3. The lowest BCUT2D eigenvalue weighted by Crippen LogP contribution is -2.37. The molecule has 0 fully saturated rings. The van der Waals surface area contributed by atoms with Gasteiger partial charge in [0.2, 0.25) is 10.0 Å². The minimum Gasteiger partial charge on any atom is -0.389 e. The van der Waals surface area contributed by atoms with Crippen LogP contribution in [0.4, 0.5) is 0 Å². The second-order valence-corrected chi connectivity index (χ2v) is 6.60. The molecule has 0 saturated carbocycles. The number of thiocarbonyl (C=S) groups is 1. The Morgan fingerprint density at radius 2 is 2.00 bits per heavy atom. The van der Waals surface area contributed by atoms with Gasteiger partial charge < -0.3 is 10.5 Å². The van der Waals surface area contributed by atoms with Gasteiger partial charge in [0.1, 0.15) is 4.99 Å². The highest BCUT2D eigenvalue weighted by Gasteiger charge is 2.19. The standard InChI is InChI=1S/C13H20N2O3S2/c1-3-4-11(9-18-2)15-20(16,17)12-7-5-10(6-8-12)13(14)19/h5-8,11,15H,3-4,9H2,1-2H3,(H2,14,19). The van der Waals surface area contributed by atoms with E-state index in [1.807, 2.05) is 6.92 Å². The van der Waals surface area contributed by atoms with Crippen molar-refractivity contribution in [2.24, 2.45) is 5.73 Å². The second kappa shape index (κ2) is 7.68. The average molecular weight is 316 g/mol. The van der Waals surface area contributed by atoms with Crippen molar-refractivity contribution < 1.29 is 13.2 Å². The molecule has 0 spiro atoms. The SMILES string of the molecule is CCCC(COC)NS(=O)(=O)c1ccc(C(N)=S)cc1. The van der Waals surface area contributed by atoms with Crippen molar-refractivity contribution >= 4 is 27.2 Å². The molecule has 0 bridgehead atoms. The van der Waals surface area contributed by atoms with Crippen LogP contribution in [0.15, 0.2) is 29.2 Å². The van der Waals surface area contributed by atoms with E-state index in [4.69, 9.17) is 22.7 Å². The van der Waals surface area contributed by atoms with Crippen LogP contribution in [0.5, 0.6) is 0 Å². The van der Waals surface area contributed by atoms with Crippen LogP contribution < -0.4 is 10.5 Å². The van der Waals surface area contributed by atoms with Crippen LogP contribution in [-0.4, -0.2) is 33.2 Å². The Bertz CT molecular complexity index is 535. The molecule has 0 aliphatic rings. The topological polar surface area (TPSA) is 81.4 Å². The molecule has 5 nitrogen and oxygen atoms in total. The lowest BCUT2D eigenvalue weighted by Gasteiger charge is -2.17. The molecule has 0 radical (unpaired) electrons. The maximum Gasteiger partial charge on any atom is 0.240 e. The molecule has 1 aromatic carbocycles. The monoisotopic (exact) mass is 316 g/mol. The highest BCUT2D eigenvalue weighted by molar-refractivity contribution is 7.89. The van der Waals surface area contributed by atoms with E-state index in [-0.39, 0.29) is 15.9 Å². The molecule has 0 amide bonds. The third-order valence-electron chi connectivity index (χ3n) is 2.78. The number of methoxy groups -OCH3 is 1. The molecule has 1 rings (SSSR count). The van der Waals surface area contributed by atoms with Crippen LogP contribution in [0.1, 0.15) is 25.3 Å². The van der Waals surface area contributed by atoms with Crippen LogP contribution in [0.25, 0.3) is 0 Å². The lowest BCUT2D eigenvalue weighted by atomic mass is 10.2. The summed E-state index contributed by atoms with van der Waals surface area (Å²) >= 11 is 4.83. The number of benzene rings is 1. The van der Waals surface area contributed by atoms with Crippen LogP contribution in [0.2, 0.25) is 0 Å². The van der Waals surface area contributed by atoms with Gasteiger partial charge in [0.15, 0.2) is 0 Å². The van der Waals surface area contributed by atoms with E-state index in [1.165, 1.54) is 12.1 Å². The number of hydrogen-bond donors (Lipinski definition) is 2. The Labute approximate surface area is 125 Å². The van der Waals surface area contributed by atoms with Crippen LogP contribution >= 0.6 is 12.2 Å². The van der Waals surface area contributed by atoms with Crippen molar-refractivity contribution in [3.8, 4) is 0 Å². The van der Waals surface area contributed by atoms with Gasteiger partial charge in [-0.05, 0) is 18.6 Å². The van der Waals surface area contributed by atoms with E-state index in [1.54, 1.807) is 19.2 Å². The second-order valence-electron chi connectivity index (χ2n) is 4.45. The fourth-order valence-electron chi connectivity index (χ4n) is 1.81. The Morgan fingerprint density at radius 1 is 1.40 bits per heavy atom. The van der Waals surface area contributed by atoms with E-state index < -0.39 is 10.0 Å². The van der Waals surface area contributed by atoms with Crippen LogP contribution in [-0.2, 0) is 14.8 Å². The van der Waals surface area contributed by atoms with E-state index in [9.17, 15) is 8.42 Å². The van der Waals surface area contributed by atoms with Gasteiger partial charge in [-0.2, -0.15) is 0 Å². The van der Waals surface area contributed by atoms with Crippen molar-refractivity contribution in [3.63, 3.8) is 0 Å². The van der Waals surface area contributed by atoms with Crippen molar-refractivity contribution in [1.29, 1.82) is 0 Å². The normalized spacial score (nSPS) is 13.1. The summed E-state index contributed by atoms with van der Waals surface area (Å²) in [5, 5.41) is 0. The van der Waals surface area contributed by atoms with E-state index in [0.29, 0.717) is 12.2 Å². The summed E-state index contributed by atoms with van der Waals surface area (Å²) in [4.78, 5) is 0.430. The van der Waals surface area contributed by atoms with Gasteiger partial charge in [0.25, 0.3) is 0 Å². The predicted molar refractivity (Wildman–Crippen MR) is 83.2 cm³/mol. The Kier molecular flexibility index (Phi) is 6.54. The summed E-state index contributed by atoms with van der Waals surface area (Å²) in [6, 6.07) is 5.95. The van der Waals surface area contributed by atoms with E-state index >= 15 is 0 Å². The molecule has 0 saturated heterocycles. The maximum absolute atomic E-state index is 12.2. The number of nitrogens with two attached hydrogens (primary N) is 1. The number of rotatable bonds is 8.